The van der Waals surface area contributed by atoms with Gasteiger partial charge in [0.2, 0.25) is 5.91 Å². The fourth-order valence-corrected chi connectivity index (χ4v) is 6.17. The Bertz CT molecular complexity index is 806. The maximum atomic E-state index is 12.7. The third-order valence-corrected chi connectivity index (χ3v) is 7.33. The summed E-state index contributed by atoms with van der Waals surface area (Å²) in [5, 5.41) is 3.90. The molecule has 1 amide bonds. The Morgan fingerprint density at radius 2 is 1.71 bits per heavy atom. The van der Waals surface area contributed by atoms with Gasteiger partial charge in [-0.15, -0.1) is 0 Å². The summed E-state index contributed by atoms with van der Waals surface area (Å²) in [5.41, 5.74) is 2.65. The van der Waals surface area contributed by atoms with Gasteiger partial charge in [-0.25, -0.2) is 0 Å². The van der Waals surface area contributed by atoms with Crippen LogP contribution in [0.15, 0.2) is 60.7 Å². The average Bonchev–Trinajstić information content (AvgIpc) is 3.07. The topological polar surface area (TPSA) is 32.3 Å². The van der Waals surface area contributed by atoms with Crippen molar-refractivity contribution < 1.29 is 4.79 Å². The second kappa shape index (κ2) is 7.62. The summed E-state index contributed by atoms with van der Waals surface area (Å²) < 4.78 is 0. The van der Waals surface area contributed by atoms with Crippen LogP contribution in [0.1, 0.15) is 37.7 Å². The van der Waals surface area contributed by atoms with Crippen LogP contribution in [0.2, 0.25) is 0 Å². The van der Waals surface area contributed by atoms with Crippen molar-refractivity contribution in [1.29, 1.82) is 0 Å². The Morgan fingerprint density at radius 3 is 2.50 bits per heavy atom. The average molecular weight is 375 g/mol. The van der Waals surface area contributed by atoms with Crippen molar-refractivity contribution in [2.75, 3.05) is 11.9 Å². The molecule has 1 saturated carbocycles. The molecule has 0 unspecified atom stereocenters. The van der Waals surface area contributed by atoms with Crippen molar-refractivity contribution >= 4 is 11.6 Å². The van der Waals surface area contributed by atoms with E-state index in [4.69, 9.17) is 0 Å². The van der Waals surface area contributed by atoms with Gasteiger partial charge in [0.15, 0.2) is 0 Å². The third kappa shape index (κ3) is 3.32. The smallest absolute Gasteiger partial charge is 0.222 e. The Labute approximate surface area is 168 Å². The number of para-hydroxylation sites is 1. The molecule has 2 saturated heterocycles. The van der Waals surface area contributed by atoms with Crippen molar-refractivity contribution in [3.63, 3.8) is 0 Å². The van der Waals surface area contributed by atoms with E-state index in [9.17, 15) is 4.79 Å². The van der Waals surface area contributed by atoms with Gasteiger partial charge in [0, 0.05) is 30.7 Å². The Balaban J connectivity index is 1.47. The zero-order chi connectivity index (χ0) is 18.9. The van der Waals surface area contributed by atoms with Crippen LogP contribution in [0.3, 0.4) is 0 Å². The fourth-order valence-electron chi connectivity index (χ4n) is 6.17. The molecular formula is C25H30N2O. The van der Waals surface area contributed by atoms with Crippen LogP contribution < -0.4 is 5.32 Å². The minimum absolute atomic E-state index is 0.405. The maximum Gasteiger partial charge on any atom is 0.222 e. The number of carbonyl (C=O) groups excluding carboxylic acids is 1. The molecule has 1 aliphatic carbocycles. The maximum absolute atomic E-state index is 12.7. The van der Waals surface area contributed by atoms with Gasteiger partial charge in [-0.2, -0.15) is 0 Å². The van der Waals surface area contributed by atoms with Gasteiger partial charge in [0.05, 0.1) is 0 Å². The molecule has 2 heterocycles. The monoisotopic (exact) mass is 374 g/mol. The normalized spacial score (nSPS) is 31.9. The second-order valence-electron chi connectivity index (χ2n) is 8.89. The molecule has 28 heavy (non-hydrogen) atoms. The van der Waals surface area contributed by atoms with E-state index in [0.717, 1.165) is 25.8 Å². The first-order valence-electron chi connectivity index (χ1n) is 10.9. The summed E-state index contributed by atoms with van der Waals surface area (Å²) in [6.45, 7) is 0.973. The SMILES string of the molecule is O=C1CCC[C@@H]2[C@@H](Cc3ccccc3)[C@@H](Nc3ccccc3)C[C@@H]3CCN1[C@@H]32. The molecule has 146 valence electrons. The summed E-state index contributed by atoms with van der Waals surface area (Å²) in [4.78, 5) is 14.9. The molecule has 2 aliphatic heterocycles. The van der Waals surface area contributed by atoms with Crippen LogP contribution in [0.25, 0.3) is 0 Å². The molecule has 3 nitrogen and oxygen atoms in total. The van der Waals surface area contributed by atoms with Gasteiger partial charge in [-0.3, -0.25) is 4.79 Å². The number of rotatable bonds is 4. The standard InChI is InChI=1S/C25H30N2O/c28-24-13-7-12-21-22(16-18-8-3-1-4-9-18)23(26-20-10-5-2-6-11-20)17-19-14-15-27(24)25(19)21/h1-6,8-11,19,21-23,25-26H,7,12-17H2/t19-,21+,22+,23-,25-/m0/s1. The van der Waals surface area contributed by atoms with E-state index in [-0.39, 0.29) is 0 Å². The van der Waals surface area contributed by atoms with Crippen molar-refractivity contribution in [2.45, 2.75) is 50.6 Å². The molecule has 2 aromatic carbocycles. The molecule has 0 aromatic heterocycles. The number of benzene rings is 2. The van der Waals surface area contributed by atoms with E-state index >= 15 is 0 Å². The van der Waals surface area contributed by atoms with Crippen LogP contribution in [0.4, 0.5) is 5.69 Å². The number of hydrogen-bond acceptors (Lipinski definition) is 2. The van der Waals surface area contributed by atoms with Crippen molar-refractivity contribution in [3.05, 3.63) is 66.2 Å². The molecule has 0 radical (unpaired) electrons. The zero-order valence-corrected chi connectivity index (χ0v) is 16.5. The summed E-state index contributed by atoms with van der Waals surface area (Å²) in [7, 11) is 0. The van der Waals surface area contributed by atoms with Gasteiger partial charge in [0.25, 0.3) is 0 Å². The van der Waals surface area contributed by atoms with E-state index in [1.165, 1.54) is 30.5 Å². The molecule has 5 atom stereocenters. The molecular weight excluding hydrogens is 344 g/mol. The lowest BCUT2D eigenvalue weighted by Crippen LogP contribution is -2.53. The highest BCUT2D eigenvalue weighted by Gasteiger charge is 2.51. The largest absolute Gasteiger partial charge is 0.382 e. The van der Waals surface area contributed by atoms with Gasteiger partial charge in [-0.1, -0.05) is 48.5 Å². The lowest BCUT2D eigenvalue weighted by atomic mass is 9.65. The van der Waals surface area contributed by atoms with Crippen molar-refractivity contribution in [3.8, 4) is 0 Å². The van der Waals surface area contributed by atoms with Crippen LogP contribution in [0.5, 0.6) is 0 Å². The number of hydrogen-bond donors (Lipinski definition) is 1. The van der Waals surface area contributed by atoms with Gasteiger partial charge >= 0.3 is 0 Å². The minimum Gasteiger partial charge on any atom is -0.382 e. The van der Waals surface area contributed by atoms with E-state index < -0.39 is 0 Å². The lowest BCUT2D eigenvalue weighted by molar-refractivity contribution is -0.133. The molecule has 3 heteroatoms. The zero-order valence-electron chi connectivity index (χ0n) is 16.5. The van der Waals surface area contributed by atoms with Crippen LogP contribution in [-0.2, 0) is 11.2 Å². The number of nitrogens with zero attached hydrogens (tertiary/aromatic N) is 1. The Kier molecular flexibility index (Phi) is 4.84. The van der Waals surface area contributed by atoms with Crippen LogP contribution >= 0.6 is 0 Å². The number of carbonyl (C=O) groups is 1. The molecule has 2 aromatic rings. The first kappa shape index (κ1) is 17.8. The highest BCUT2D eigenvalue weighted by atomic mass is 16.2. The van der Waals surface area contributed by atoms with E-state index in [1.54, 1.807) is 0 Å². The van der Waals surface area contributed by atoms with E-state index in [0.29, 0.717) is 35.7 Å². The predicted molar refractivity (Wildman–Crippen MR) is 113 cm³/mol. The van der Waals surface area contributed by atoms with E-state index in [2.05, 4.69) is 70.9 Å². The molecule has 5 rings (SSSR count). The summed E-state index contributed by atoms with van der Waals surface area (Å²) in [6.07, 6.45) is 6.44. The molecule has 0 bridgehead atoms. The predicted octanol–water partition coefficient (Wildman–Crippen LogP) is 4.75. The second-order valence-corrected chi connectivity index (χ2v) is 8.89. The molecule has 3 aliphatic rings. The summed E-state index contributed by atoms with van der Waals surface area (Å²) in [6, 6.07) is 22.5. The summed E-state index contributed by atoms with van der Waals surface area (Å²) in [5.74, 6) is 2.23. The number of anilines is 1. The highest BCUT2D eigenvalue weighted by molar-refractivity contribution is 5.77. The van der Waals surface area contributed by atoms with Crippen molar-refractivity contribution in [1.82, 2.24) is 4.90 Å². The quantitative estimate of drug-likeness (QED) is 0.838. The number of nitrogens with one attached hydrogen (secondary N) is 1. The molecule has 1 N–H and O–H groups in total. The third-order valence-electron chi connectivity index (χ3n) is 7.33. The Morgan fingerprint density at radius 1 is 0.964 bits per heavy atom. The van der Waals surface area contributed by atoms with Crippen LogP contribution in [0, 0.1) is 17.8 Å². The van der Waals surface area contributed by atoms with E-state index in [1.807, 2.05) is 0 Å². The Hall–Kier alpha value is -2.29. The van der Waals surface area contributed by atoms with Crippen LogP contribution in [-0.4, -0.2) is 29.4 Å². The van der Waals surface area contributed by atoms with Gasteiger partial charge < -0.3 is 10.2 Å². The molecule has 3 fully saturated rings. The van der Waals surface area contributed by atoms with Gasteiger partial charge in [-0.05, 0) is 67.6 Å². The molecule has 0 spiro atoms. The fraction of sp³-hybridized carbons (Fsp3) is 0.480. The summed E-state index contributed by atoms with van der Waals surface area (Å²) >= 11 is 0. The van der Waals surface area contributed by atoms with Crippen molar-refractivity contribution in [2.24, 2.45) is 17.8 Å². The number of amides is 1. The lowest BCUT2D eigenvalue weighted by Gasteiger charge is -2.47. The first-order valence-corrected chi connectivity index (χ1v) is 10.9. The highest BCUT2D eigenvalue weighted by Crippen LogP contribution is 2.48. The minimum atomic E-state index is 0.405. The first-order chi connectivity index (χ1) is 13.8. The van der Waals surface area contributed by atoms with Gasteiger partial charge in [0.1, 0.15) is 0 Å².